The Bertz CT molecular complexity index is 438. The van der Waals surface area contributed by atoms with Crippen LogP contribution in [-0.2, 0) is 6.54 Å². The van der Waals surface area contributed by atoms with Gasteiger partial charge in [0.2, 0.25) is 0 Å². The van der Waals surface area contributed by atoms with E-state index in [1.54, 1.807) is 12.1 Å². The van der Waals surface area contributed by atoms with Gasteiger partial charge in [0.15, 0.2) is 0 Å². The second-order valence-electron chi connectivity index (χ2n) is 3.80. The predicted octanol–water partition coefficient (Wildman–Crippen LogP) is 3.08. The molecule has 1 saturated heterocycles. The number of halogens is 2. The Hall–Kier alpha value is -1.10. The number of likely N-dealkylation sites (tertiary alicyclic amines) is 1. The molecule has 1 aliphatic rings. The summed E-state index contributed by atoms with van der Waals surface area (Å²) in [6.45, 7) is 2.31. The molecule has 0 spiro atoms. The van der Waals surface area contributed by atoms with Gasteiger partial charge < -0.3 is 0 Å². The molecule has 0 N–H and O–H groups in total. The monoisotopic (exact) mass is 284 g/mol. The third-order valence-corrected chi connectivity index (χ3v) is 3.15. The summed E-state index contributed by atoms with van der Waals surface area (Å²) in [6, 6.07) is 5.08. The van der Waals surface area contributed by atoms with Crippen molar-refractivity contribution < 1.29 is 4.39 Å². The molecule has 0 unspecified atom stereocenters. The Morgan fingerprint density at radius 2 is 2.31 bits per heavy atom. The van der Waals surface area contributed by atoms with Gasteiger partial charge in [-0.2, -0.15) is 0 Å². The minimum atomic E-state index is -0.251. The van der Waals surface area contributed by atoms with Crippen LogP contribution in [0.15, 0.2) is 27.8 Å². The molecule has 1 aliphatic heterocycles. The molecule has 0 bridgehead atoms. The van der Waals surface area contributed by atoms with Crippen molar-refractivity contribution in [1.82, 2.24) is 4.90 Å². The normalized spacial score (nSPS) is 16.6. The van der Waals surface area contributed by atoms with E-state index in [1.807, 2.05) is 0 Å². The summed E-state index contributed by atoms with van der Waals surface area (Å²) < 4.78 is 13.5. The standard InChI is InChI=1S/C10H10BrFN4/c11-9-3-7(1-2-10(9)12)4-16-5-8(6-16)14-15-13/h1-3,8H,4-6H2. The van der Waals surface area contributed by atoms with Crippen molar-refractivity contribution >= 4 is 15.9 Å². The van der Waals surface area contributed by atoms with Crippen molar-refractivity contribution in [3.05, 3.63) is 44.5 Å². The van der Waals surface area contributed by atoms with Gasteiger partial charge in [0.05, 0.1) is 10.5 Å². The van der Waals surface area contributed by atoms with Crippen LogP contribution in [0.5, 0.6) is 0 Å². The van der Waals surface area contributed by atoms with Gasteiger partial charge in [-0.05, 0) is 39.2 Å². The van der Waals surface area contributed by atoms with Gasteiger partial charge in [-0.25, -0.2) is 4.39 Å². The van der Waals surface area contributed by atoms with Gasteiger partial charge in [-0.1, -0.05) is 11.2 Å². The van der Waals surface area contributed by atoms with E-state index in [4.69, 9.17) is 5.53 Å². The quantitative estimate of drug-likeness (QED) is 0.478. The number of hydrogen-bond donors (Lipinski definition) is 0. The molecule has 4 nitrogen and oxygen atoms in total. The molecule has 1 heterocycles. The van der Waals surface area contributed by atoms with Crippen LogP contribution < -0.4 is 0 Å². The highest BCUT2D eigenvalue weighted by Gasteiger charge is 2.25. The first-order valence-electron chi connectivity index (χ1n) is 4.89. The maximum Gasteiger partial charge on any atom is 0.137 e. The van der Waals surface area contributed by atoms with Crippen molar-refractivity contribution in [2.24, 2.45) is 5.11 Å². The molecule has 6 heteroatoms. The average molecular weight is 285 g/mol. The van der Waals surface area contributed by atoms with Crippen LogP contribution in [0.4, 0.5) is 4.39 Å². The largest absolute Gasteiger partial charge is 0.298 e. The minimum Gasteiger partial charge on any atom is -0.298 e. The van der Waals surface area contributed by atoms with Crippen LogP contribution in [0, 0.1) is 5.82 Å². The van der Waals surface area contributed by atoms with Gasteiger partial charge >= 0.3 is 0 Å². The van der Waals surface area contributed by atoms with Gasteiger partial charge in [0, 0.05) is 24.5 Å². The third kappa shape index (κ3) is 2.52. The molecule has 0 saturated carbocycles. The Kier molecular flexibility index (Phi) is 3.43. The molecule has 0 amide bonds. The second-order valence-corrected chi connectivity index (χ2v) is 4.66. The Balaban J connectivity index is 1.91. The van der Waals surface area contributed by atoms with E-state index >= 15 is 0 Å². The smallest absolute Gasteiger partial charge is 0.137 e. The second kappa shape index (κ2) is 4.82. The molecule has 84 valence electrons. The molecule has 16 heavy (non-hydrogen) atoms. The van der Waals surface area contributed by atoms with Crippen LogP contribution >= 0.6 is 15.9 Å². The Labute approximate surface area is 101 Å². The molecule has 1 aromatic carbocycles. The first kappa shape index (κ1) is 11.4. The summed E-state index contributed by atoms with van der Waals surface area (Å²) in [5.41, 5.74) is 9.29. The minimum absolute atomic E-state index is 0.0916. The van der Waals surface area contributed by atoms with E-state index in [-0.39, 0.29) is 11.9 Å². The topological polar surface area (TPSA) is 52.0 Å². The summed E-state index contributed by atoms with van der Waals surface area (Å²) in [4.78, 5) is 4.92. The van der Waals surface area contributed by atoms with Crippen molar-refractivity contribution in [3.8, 4) is 0 Å². The SMILES string of the molecule is [N-]=[N+]=NC1CN(Cc2ccc(F)c(Br)c2)C1. The van der Waals surface area contributed by atoms with Gasteiger partial charge in [-0.15, -0.1) is 0 Å². The maximum absolute atomic E-state index is 13.0. The van der Waals surface area contributed by atoms with Crippen molar-refractivity contribution in [3.63, 3.8) is 0 Å². The van der Waals surface area contributed by atoms with E-state index in [0.717, 1.165) is 25.2 Å². The summed E-state index contributed by atoms with van der Waals surface area (Å²) in [6.07, 6.45) is 0. The molecule has 0 radical (unpaired) electrons. The molecular weight excluding hydrogens is 275 g/mol. The van der Waals surface area contributed by atoms with Crippen molar-refractivity contribution in [2.75, 3.05) is 13.1 Å². The zero-order valence-electron chi connectivity index (χ0n) is 8.48. The van der Waals surface area contributed by atoms with Crippen molar-refractivity contribution in [2.45, 2.75) is 12.6 Å². The van der Waals surface area contributed by atoms with Crippen LogP contribution in [0.1, 0.15) is 5.56 Å². The van der Waals surface area contributed by atoms with Crippen molar-refractivity contribution in [1.29, 1.82) is 0 Å². The molecular formula is C10H10BrFN4. The zero-order chi connectivity index (χ0) is 11.5. The average Bonchev–Trinajstić information content (AvgIpc) is 2.20. The van der Waals surface area contributed by atoms with Gasteiger partial charge in [0.25, 0.3) is 0 Å². The van der Waals surface area contributed by atoms with E-state index in [0.29, 0.717) is 4.47 Å². The highest BCUT2D eigenvalue weighted by atomic mass is 79.9. The Morgan fingerprint density at radius 1 is 1.56 bits per heavy atom. The summed E-state index contributed by atoms with van der Waals surface area (Å²) in [5, 5.41) is 3.62. The maximum atomic E-state index is 13.0. The molecule has 0 aromatic heterocycles. The number of azide groups is 1. The number of rotatable bonds is 3. The van der Waals surface area contributed by atoms with Crippen LogP contribution in [-0.4, -0.2) is 24.0 Å². The zero-order valence-corrected chi connectivity index (χ0v) is 10.1. The van der Waals surface area contributed by atoms with Crippen LogP contribution in [0.2, 0.25) is 0 Å². The first-order valence-corrected chi connectivity index (χ1v) is 5.69. The van der Waals surface area contributed by atoms with E-state index in [2.05, 4.69) is 30.9 Å². The fourth-order valence-corrected chi connectivity index (χ4v) is 2.14. The third-order valence-electron chi connectivity index (χ3n) is 2.54. The molecule has 2 rings (SSSR count). The first-order chi connectivity index (χ1) is 7.69. The number of nitrogens with zero attached hydrogens (tertiary/aromatic N) is 4. The summed E-state index contributed by atoms with van der Waals surface area (Å²) in [7, 11) is 0. The van der Waals surface area contributed by atoms with E-state index in [1.165, 1.54) is 6.07 Å². The summed E-state index contributed by atoms with van der Waals surface area (Å²) in [5.74, 6) is -0.251. The highest BCUT2D eigenvalue weighted by molar-refractivity contribution is 9.10. The molecule has 1 aromatic rings. The van der Waals surface area contributed by atoms with Gasteiger partial charge in [-0.3, -0.25) is 4.90 Å². The molecule has 1 fully saturated rings. The van der Waals surface area contributed by atoms with Crippen LogP contribution in [0.25, 0.3) is 10.4 Å². The van der Waals surface area contributed by atoms with E-state index < -0.39 is 0 Å². The lowest BCUT2D eigenvalue weighted by molar-refractivity contribution is 0.142. The highest BCUT2D eigenvalue weighted by Crippen LogP contribution is 2.20. The fraction of sp³-hybridized carbons (Fsp3) is 0.400. The lowest BCUT2D eigenvalue weighted by atomic mass is 10.1. The van der Waals surface area contributed by atoms with Gasteiger partial charge in [0.1, 0.15) is 5.82 Å². The predicted molar refractivity (Wildman–Crippen MR) is 62.3 cm³/mol. The fourth-order valence-electron chi connectivity index (χ4n) is 1.71. The summed E-state index contributed by atoms with van der Waals surface area (Å²) >= 11 is 3.15. The molecule has 0 aliphatic carbocycles. The van der Waals surface area contributed by atoms with E-state index in [9.17, 15) is 4.39 Å². The lowest BCUT2D eigenvalue weighted by Gasteiger charge is -2.36. The molecule has 0 atom stereocenters. The lowest BCUT2D eigenvalue weighted by Crippen LogP contribution is -2.48. The number of benzene rings is 1. The van der Waals surface area contributed by atoms with Crippen LogP contribution in [0.3, 0.4) is 0 Å². The number of hydrogen-bond acceptors (Lipinski definition) is 2. The Morgan fingerprint density at radius 3 is 2.94 bits per heavy atom.